The van der Waals surface area contributed by atoms with E-state index in [0.717, 1.165) is 0 Å². The third kappa shape index (κ3) is 4.02. The molecule has 2 atom stereocenters. The maximum atomic E-state index is 12.6. The molecule has 1 saturated carbocycles. The second-order valence-electron chi connectivity index (χ2n) is 7.02. The highest BCUT2D eigenvalue weighted by molar-refractivity contribution is 6.08. The van der Waals surface area contributed by atoms with Crippen LogP contribution in [0.15, 0.2) is 48.6 Å². The fourth-order valence-corrected chi connectivity index (χ4v) is 3.09. The Kier molecular flexibility index (Phi) is 5.33. The molecule has 1 aliphatic rings. The standard InChI is InChI=1S/C20H18N4O6/c1-10-4-6-13(23(27)28)8-15(10)21-19(25)17-12(3)18(17)20(26)22-16-9-14(24(29)30)7-5-11(16)2/h4-9,17-18H,3H2,1-2H3,(H,21,25)(H,22,26)/t17-,18+. The van der Waals surface area contributed by atoms with E-state index in [1.807, 2.05) is 0 Å². The second kappa shape index (κ2) is 7.74. The zero-order valence-electron chi connectivity index (χ0n) is 16.2. The minimum Gasteiger partial charge on any atom is -0.325 e. The number of hydrogen-bond donors (Lipinski definition) is 2. The zero-order chi connectivity index (χ0) is 22.2. The van der Waals surface area contributed by atoms with Crippen LogP contribution in [0.4, 0.5) is 22.7 Å². The van der Waals surface area contributed by atoms with Gasteiger partial charge in [0.05, 0.1) is 33.1 Å². The van der Waals surface area contributed by atoms with E-state index < -0.39 is 33.5 Å². The summed E-state index contributed by atoms with van der Waals surface area (Å²) in [6.45, 7) is 7.13. The number of aryl methyl sites for hydroxylation is 2. The van der Waals surface area contributed by atoms with Crippen LogP contribution in [-0.2, 0) is 9.59 Å². The number of nitro benzene ring substituents is 2. The normalized spacial score (nSPS) is 17.2. The number of amides is 2. The molecule has 0 spiro atoms. The zero-order valence-corrected chi connectivity index (χ0v) is 16.2. The summed E-state index contributed by atoms with van der Waals surface area (Å²) in [5.41, 5.74) is 1.89. The molecule has 0 bridgehead atoms. The fraction of sp³-hybridized carbons (Fsp3) is 0.200. The molecule has 10 heteroatoms. The number of non-ortho nitro benzene ring substituents is 2. The van der Waals surface area contributed by atoms with E-state index in [0.29, 0.717) is 16.7 Å². The summed E-state index contributed by atoms with van der Waals surface area (Å²) < 4.78 is 0. The lowest BCUT2D eigenvalue weighted by atomic mass is 10.1. The number of carbonyl (C=O) groups is 2. The minimum atomic E-state index is -0.789. The summed E-state index contributed by atoms with van der Waals surface area (Å²) in [6, 6.07) is 8.20. The van der Waals surface area contributed by atoms with Crippen LogP contribution in [0, 0.1) is 45.9 Å². The third-order valence-electron chi connectivity index (χ3n) is 4.97. The molecule has 0 radical (unpaired) electrons. The van der Waals surface area contributed by atoms with Crippen molar-refractivity contribution in [1.82, 2.24) is 0 Å². The summed E-state index contributed by atoms with van der Waals surface area (Å²) in [6.07, 6.45) is 0. The van der Waals surface area contributed by atoms with E-state index in [-0.39, 0.29) is 22.7 Å². The molecule has 0 aliphatic heterocycles. The van der Waals surface area contributed by atoms with Crippen molar-refractivity contribution in [2.45, 2.75) is 13.8 Å². The number of anilines is 2. The van der Waals surface area contributed by atoms with Crippen molar-refractivity contribution in [3.8, 4) is 0 Å². The number of nitrogens with one attached hydrogen (secondary N) is 2. The molecule has 2 aromatic carbocycles. The van der Waals surface area contributed by atoms with Crippen molar-refractivity contribution in [1.29, 1.82) is 0 Å². The molecule has 0 heterocycles. The van der Waals surface area contributed by atoms with Crippen molar-refractivity contribution in [2.75, 3.05) is 10.6 Å². The molecule has 1 aliphatic carbocycles. The smallest absolute Gasteiger partial charge is 0.271 e. The van der Waals surface area contributed by atoms with Crippen molar-refractivity contribution in [3.63, 3.8) is 0 Å². The fourth-order valence-electron chi connectivity index (χ4n) is 3.09. The maximum absolute atomic E-state index is 12.6. The molecule has 0 unspecified atom stereocenters. The number of nitro groups is 2. The van der Waals surface area contributed by atoms with Gasteiger partial charge >= 0.3 is 0 Å². The van der Waals surface area contributed by atoms with E-state index >= 15 is 0 Å². The number of nitrogens with zero attached hydrogens (tertiary/aromatic N) is 2. The SMILES string of the molecule is C=C1[C@H](C(=O)Nc2cc([N+](=O)[O-])ccc2C)[C@@H]1C(=O)Nc1cc([N+](=O)[O-])ccc1C. The molecule has 2 N–H and O–H groups in total. The first kappa shape index (κ1) is 20.6. The Morgan fingerprint density at radius 3 is 1.53 bits per heavy atom. The summed E-state index contributed by atoms with van der Waals surface area (Å²) in [7, 11) is 0. The lowest BCUT2D eigenvalue weighted by molar-refractivity contribution is -0.385. The van der Waals surface area contributed by atoms with Crippen LogP contribution >= 0.6 is 0 Å². The van der Waals surface area contributed by atoms with Crippen molar-refractivity contribution >= 4 is 34.6 Å². The summed E-state index contributed by atoms with van der Waals surface area (Å²) in [5, 5.41) is 27.1. The van der Waals surface area contributed by atoms with Crippen LogP contribution in [0.2, 0.25) is 0 Å². The first-order valence-electron chi connectivity index (χ1n) is 8.90. The van der Waals surface area contributed by atoms with Gasteiger partial charge in [0.2, 0.25) is 11.8 Å². The first-order chi connectivity index (χ1) is 14.1. The lowest BCUT2D eigenvalue weighted by Gasteiger charge is -2.09. The van der Waals surface area contributed by atoms with E-state index in [1.54, 1.807) is 13.8 Å². The summed E-state index contributed by atoms with van der Waals surface area (Å²) in [5.74, 6) is -2.58. The monoisotopic (exact) mass is 410 g/mol. The van der Waals surface area contributed by atoms with Gasteiger partial charge in [0.25, 0.3) is 11.4 Å². The molecule has 30 heavy (non-hydrogen) atoms. The van der Waals surface area contributed by atoms with Crippen LogP contribution in [0.25, 0.3) is 0 Å². The van der Waals surface area contributed by atoms with Crippen LogP contribution in [0.5, 0.6) is 0 Å². The van der Waals surface area contributed by atoms with Crippen molar-refractivity contribution < 1.29 is 19.4 Å². The maximum Gasteiger partial charge on any atom is 0.271 e. The highest BCUT2D eigenvalue weighted by Crippen LogP contribution is 2.46. The summed E-state index contributed by atoms with van der Waals surface area (Å²) in [4.78, 5) is 45.9. The van der Waals surface area contributed by atoms with Gasteiger partial charge < -0.3 is 10.6 Å². The Labute approximate surface area is 170 Å². The van der Waals surface area contributed by atoms with E-state index in [4.69, 9.17) is 0 Å². The van der Waals surface area contributed by atoms with Gasteiger partial charge in [0.1, 0.15) is 0 Å². The first-order valence-corrected chi connectivity index (χ1v) is 8.90. The average molecular weight is 410 g/mol. The van der Waals surface area contributed by atoms with E-state index in [9.17, 15) is 29.8 Å². The molecule has 10 nitrogen and oxygen atoms in total. The Hall–Kier alpha value is -4.08. The second-order valence-corrected chi connectivity index (χ2v) is 7.02. The molecule has 1 fully saturated rings. The van der Waals surface area contributed by atoms with Crippen molar-refractivity contribution in [3.05, 3.63) is 79.9 Å². The molecule has 3 rings (SSSR count). The van der Waals surface area contributed by atoms with Crippen molar-refractivity contribution in [2.24, 2.45) is 11.8 Å². The molecule has 2 amide bonds. The van der Waals surface area contributed by atoms with Gasteiger partial charge in [0.15, 0.2) is 0 Å². The summed E-state index contributed by atoms with van der Waals surface area (Å²) >= 11 is 0. The van der Waals surface area contributed by atoms with Gasteiger partial charge in [-0.1, -0.05) is 24.3 Å². The van der Waals surface area contributed by atoms with Crippen LogP contribution in [-0.4, -0.2) is 21.7 Å². The Balaban J connectivity index is 1.71. The lowest BCUT2D eigenvalue weighted by Crippen LogP contribution is -2.21. The number of rotatable bonds is 6. The molecule has 154 valence electrons. The van der Waals surface area contributed by atoms with Gasteiger partial charge in [-0.25, -0.2) is 0 Å². The van der Waals surface area contributed by atoms with Crippen LogP contribution in [0.3, 0.4) is 0 Å². The van der Waals surface area contributed by atoms with Crippen LogP contribution < -0.4 is 10.6 Å². The van der Waals surface area contributed by atoms with Gasteiger partial charge in [-0.3, -0.25) is 29.8 Å². The Morgan fingerprint density at radius 2 is 1.20 bits per heavy atom. The number of carbonyl (C=O) groups excluding carboxylic acids is 2. The van der Waals surface area contributed by atoms with Gasteiger partial charge in [0, 0.05) is 24.3 Å². The van der Waals surface area contributed by atoms with E-state index in [2.05, 4.69) is 17.2 Å². The topological polar surface area (TPSA) is 144 Å². The number of benzene rings is 2. The Bertz CT molecular complexity index is 1020. The van der Waals surface area contributed by atoms with Gasteiger partial charge in [-0.15, -0.1) is 0 Å². The van der Waals surface area contributed by atoms with Crippen LogP contribution in [0.1, 0.15) is 11.1 Å². The predicted molar refractivity (Wildman–Crippen MR) is 109 cm³/mol. The Morgan fingerprint density at radius 1 is 0.833 bits per heavy atom. The highest BCUT2D eigenvalue weighted by atomic mass is 16.6. The molecule has 2 aromatic rings. The minimum absolute atomic E-state index is 0.166. The van der Waals surface area contributed by atoms with E-state index in [1.165, 1.54) is 36.4 Å². The number of hydrogen-bond acceptors (Lipinski definition) is 6. The van der Waals surface area contributed by atoms with Gasteiger partial charge in [-0.2, -0.15) is 0 Å². The third-order valence-corrected chi connectivity index (χ3v) is 4.97. The molecule has 0 saturated heterocycles. The largest absolute Gasteiger partial charge is 0.325 e. The van der Waals surface area contributed by atoms with Gasteiger partial charge in [-0.05, 0) is 25.0 Å². The predicted octanol–water partition coefficient (Wildman–Crippen LogP) is 3.50. The molecular formula is C20H18N4O6. The average Bonchev–Trinajstić information content (AvgIpc) is 3.36. The quantitative estimate of drug-likeness (QED) is 0.423. The molecular weight excluding hydrogens is 392 g/mol. The highest BCUT2D eigenvalue weighted by Gasteiger charge is 2.52. The molecule has 0 aromatic heterocycles.